The molecule has 0 aliphatic carbocycles. The molecule has 0 bridgehead atoms. The zero-order valence-electron chi connectivity index (χ0n) is 14.5. The minimum absolute atomic E-state index is 0.154. The van der Waals surface area contributed by atoms with Crippen molar-refractivity contribution < 1.29 is 14.6 Å². The predicted octanol–water partition coefficient (Wildman–Crippen LogP) is 5.17. The molecule has 3 aromatic carbocycles. The summed E-state index contributed by atoms with van der Waals surface area (Å²) < 4.78 is 11.8. The number of hydrogen-bond acceptors (Lipinski definition) is 3. The van der Waals surface area contributed by atoms with Crippen LogP contribution < -0.4 is 9.47 Å². The van der Waals surface area contributed by atoms with Gasteiger partial charge in [0.05, 0.1) is 0 Å². The highest BCUT2D eigenvalue weighted by atomic mass is 16.5. The highest BCUT2D eigenvalue weighted by Gasteiger charge is 2.08. The van der Waals surface area contributed by atoms with Gasteiger partial charge < -0.3 is 14.6 Å². The maximum absolute atomic E-state index is 9.75. The van der Waals surface area contributed by atoms with Crippen LogP contribution in [0, 0.1) is 13.8 Å². The summed E-state index contributed by atoms with van der Waals surface area (Å²) in [4.78, 5) is 0. The molecule has 1 N–H and O–H groups in total. The maximum atomic E-state index is 9.75. The second kappa shape index (κ2) is 7.75. The van der Waals surface area contributed by atoms with Crippen molar-refractivity contribution in [3.63, 3.8) is 0 Å². The minimum atomic E-state index is 0.154. The van der Waals surface area contributed by atoms with Crippen LogP contribution in [0.2, 0.25) is 0 Å². The second-order valence-corrected chi connectivity index (χ2v) is 6.18. The van der Waals surface area contributed by atoms with Crippen molar-refractivity contribution in [1.82, 2.24) is 0 Å². The number of ether oxygens (including phenoxy) is 2. The third-order valence-corrected chi connectivity index (χ3v) is 3.96. The quantitative estimate of drug-likeness (QED) is 0.676. The Morgan fingerprint density at radius 2 is 1.12 bits per heavy atom. The van der Waals surface area contributed by atoms with Gasteiger partial charge in [0.15, 0.2) is 11.5 Å². The summed E-state index contributed by atoms with van der Waals surface area (Å²) in [6.45, 7) is 4.98. The van der Waals surface area contributed by atoms with Crippen molar-refractivity contribution in [3.8, 4) is 17.2 Å². The average Bonchev–Trinajstić information content (AvgIpc) is 2.62. The van der Waals surface area contributed by atoms with E-state index in [1.54, 1.807) is 18.2 Å². The van der Waals surface area contributed by atoms with Crippen LogP contribution in [0.3, 0.4) is 0 Å². The van der Waals surface area contributed by atoms with E-state index >= 15 is 0 Å². The van der Waals surface area contributed by atoms with E-state index in [1.807, 2.05) is 24.3 Å². The van der Waals surface area contributed by atoms with Gasteiger partial charge in [-0.1, -0.05) is 59.7 Å². The van der Waals surface area contributed by atoms with E-state index in [-0.39, 0.29) is 5.75 Å². The Labute approximate surface area is 148 Å². The highest BCUT2D eigenvalue weighted by Crippen LogP contribution is 2.32. The summed E-state index contributed by atoms with van der Waals surface area (Å²) >= 11 is 0. The van der Waals surface area contributed by atoms with Crippen molar-refractivity contribution in [1.29, 1.82) is 0 Å². The summed E-state index contributed by atoms with van der Waals surface area (Å²) in [5.74, 6) is 1.31. The number of aryl methyl sites for hydroxylation is 2. The molecule has 0 radical (unpaired) electrons. The first kappa shape index (κ1) is 16.9. The molecule has 0 atom stereocenters. The van der Waals surface area contributed by atoms with Gasteiger partial charge in [-0.3, -0.25) is 0 Å². The van der Waals surface area contributed by atoms with E-state index in [9.17, 15) is 5.11 Å². The van der Waals surface area contributed by atoms with Crippen molar-refractivity contribution in [2.45, 2.75) is 27.1 Å². The minimum Gasteiger partial charge on any atom is -0.508 e. The Bertz CT molecular complexity index is 821. The fraction of sp³-hybridized carbons (Fsp3) is 0.182. The van der Waals surface area contributed by atoms with E-state index in [0.717, 1.165) is 11.1 Å². The van der Waals surface area contributed by atoms with Crippen molar-refractivity contribution >= 4 is 0 Å². The first-order chi connectivity index (χ1) is 12.1. The lowest BCUT2D eigenvalue weighted by Crippen LogP contribution is -2.00. The Kier molecular flexibility index (Phi) is 5.24. The molecule has 3 rings (SSSR count). The summed E-state index contributed by atoms with van der Waals surface area (Å²) in [6.07, 6.45) is 0. The van der Waals surface area contributed by atoms with Gasteiger partial charge in [0.1, 0.15) is 19.0 Å². The molecule has 0 saturated carbocycles. The lowest BCUT2D eigenvalue weighted by Gasteiger charge is -2.13. The molecule has 128 valence electrons. The second-order valence-electron chi connectivity index (χ2n) is 6.18. The number of phenols is 1. The number of phenolic OH excluding ortho intramolecular Hbond substituents is 1. The molecule has 0 saturated heterocycles. The van der Waals surface area contributed by atoms with Crippen molar-refractivity contribution in [3.05, 3.63) is 89.0 Å². The van der Waals surface area contributed by atoms with Crippen LogP contribution in [0.25, 0.3) is 0 Å². The Morgan fingerprint density at radius 3 is 1.64 bits per heavy atom. The van der Waals surface area contributed by atoms with Crippen LogP contribution in [-0.4, -0.2) is 5.11 Å². The van der Waals surface area contributed by atoms with Crippen LogP contribution in [-0.2, 0) is 13.2 Å². The zero-order chi connectivity index (χ0) is 17.6. The van der Waals surface area contributed by atoms with Gasteiger partial charge in [-0.25, -0.2) is 0 Å². The summed E-state index contributed by atoms with van der Waals surface area (Å²) in [5.41, 5.74) is 4.58. The summed E-state index contributed by atoms with van der Waals surface area (Å²) in [6, 6.07) is 21.3. The molecule has 25 heavy (non-hydrogen) atoms. The van der Waals surface area contributed by atoms with Gasteiger partial charge in [-0.15, -0.1) is 0 Å². The monoisotopic (exact) mass is 334 g/mol. The fourth-order valence-electron chi connectivity index (χ4n) is 2.42. The number of hydrogen-bond donors (Lipinski definition) is 1. The number of benzene rings is 3. The standard InChI is InChI=1S/C22H22O3/c1-16-3-7-18(8-4-16)14-24-21-12-11-20(23)13-22(21)25-15-19-9-5-17(2)6-10-19/h3-13,23H,14-15H2,1-2H3. The third-order valence-electron chi connectivity index (χ3n) is 3.96. The molecule has 0 spiro atoms. The molecule has 3 heteroatoms. The van der Waals surface area contributed by atoms with Crippen LogP contribution in [0.15, 0.2) is 66.7 Å². The molecular weight excluding hydrogens is 312 g/mol. The largest absolute Gasteiger partial charge is 0.508 e. The van der Waals surface area contributed by atoms with E-state index in [1.165, 1.54) is 11.1 Å². The molecule has 0 aliphatic rings. The van der Waals surface area contributed by atoms with E-state index in [0.29, 0.717) is 24.7 Å². The molecule has 0 amide bonds. The van der Waals surface area contributed by atoms with Gasteiger partial charge in [-0.2, -0.15) is 0 Å². The van der Waals surface area contributed by atoms with Crippen LogP contribution >= 0.6 is 0 Å². The van der Waals surface area contributed by atoms with Gasteiger partial charge in [0.2, 0.25) is 0 Å². The van der Waals surface area contributed by atoms with E-state index in [4.69, 9.17) is 9.47 Å². The SMILES string of the molecule is Cc1ccc(COc2ccc(O)cc2OCc2ccc(C)cc2)cc1. The molecule has 3 aromatic rings. The van der Waals surface area contributed by atoms with E-state index in [2.05, 4.69) is 38.1 Å². The maximum Gasteiger partial charge on any atom is 0.165 e. The molecule has 0 fully saturated rings. The molecular formula is C22H22O3. The molecule has 0 aromatic heterocycles. The fourth-order valence-corrected chi connectivity index (χ4v) is 2.42. The Balaban J connectivity index is 1.69. The average molecular weight is 334 g/mol. The molecule has 0 heterocycles. The van der Waals surface area contributed by atoms with Crippen LogP contribution in [0.5, 0.6) is 17.2 Å². The number of rotatable bonds is 6. The van der Waals surface area contributed by atoms with Crippen molar-refractivity contribution in [2.75, 3.05) is 0 Å². The highest BCUT2D eigenvalue weighted by molar-refractivity contribution is 5.45. The first-order valence-electron chi connectivity index (χ1n) is 8.30. The summed E-state index contributed by atoms with van der Waals surface area (Å²) in [7, 11) is 0. The zero-order valence-corrected chi connectivity index (χ0v) is 14.5. The van der Waals surface area contributed by atoms with Gasteiger partial charge in [0.25, 0.3) is 0 Å². The molecule has 0 aliphatic heterocycles. The lowest BCUT2D eigenvalue weighted by molar-refractivity contribution is 0.254. The first-order valence-corrected chi connectivity index (χ1v) is 8.30. The van der Waals surface area contributed by atoms with Gasteiger partial charge in [0, 0.05) is 6.07 Å². The van der Waals surface area contributed by atoms with Gasteiger partial charge >= 0.3 is 0 Å². The van der Waals surface area contributed by atoms with E-state index < -0.39 is 0 Å². The molecule has 3 nitrogen and oxygen atoms in total. The van der Waals surface area contributed by atoms with Crippen molar-refractivity contribution in [2.24, 2.45) is 0 Å². The molecule has 0 unspecified atom stereocenters. The van der Waals surface area contributed by atoms with Gasteiger partial charge in [-0.05, 0) is 37.1 Å². The van der Waals surface area contributed by atoms with Crippen LogP contribution in [0.4, 0.5) is 0 Å². The smallest absolute Gasteiger partial charge is 0.165 e. The third kappa shape index (κ3) is 4.77. The Morgan fingerprint density at radius 1 is 0.640 bits per heavy atom. The summed E-state index contributed by atoms with van der Waals surface area (Å²) in [5, 5.41) is 9.75. The lowest BCUT2D eigenvalue weighted by atomic mass is 10.2. The topological polar surface area (TPSA) is 38.7 Å². The Hall–Kier alpha value is -2.94. The normalized spacial score (nSPS) is 10.5. The number of aromatic hydroxyl groups is 1. The predicted molar refractivity (Wildman–Crippen MR) is 99.1 cm³/mol. The van der Waals surface area contributed by atoms with Crippen LogP contribution in [0.1, 0.15) is 22.3 Å².